The van der Waals surface area contributed by atoms with Gasteiger partial charge in [-0.2, -0.15) is 0 Å². The number of carbonyl (C=O) groups is 1. The molecule has 0 bridgehead atoms. The first-order valence-corrected chi connectivity index (χ1v) is 9.40. The number of aldehydes is 1. The molecule has 0 atom stereocenters. The number of rotatable bonds is 8. The number of anilines is 1. The molecule has 27 heavy (non-hydrogen) atoms. The molecule has 0 N–H and O–H groups in total. The number of aromatic nitrogens is 1. The monoisotopic (exact) mass is 357 g/mol. The summed E-state index contributed by atoms with van der Waals surface area (Å²) < 4.78 is 0. The highest BCUT2D eigenvalue weighted by molar-refractivity contribution is 6.00. The summed E-state index contributed by atoms with van der Waals surface area (Å²) in [4.78, 5) is 18.2. The molecule has 3 rings (SSSR count). The summed E-state index contributed by atoms with van der Waals surface area (Å²) in [6.45, 7) is 4.17. The summed E-state index contributed by atoms with van der Waals surface area (Å²) in [7, 11) is 0. The average Bonchev–Trinajstić information content (AvgIpc) is 2.72. The number of aryl methyl sites for hydroxylation is 1. The standard InChI is InChI=1S/C24H24N2O.H/c1-3-15-26(24-9-5-6-14-25-24)16-7-8-19-10-13-22-21(17-19)12-11-20(4-2)23(22)18-27;/h2,5-6,9-14,17-18H,3,7-8,15-16H2,1H3;. The minimum absolute atomic E-state index is 0. The Hall–Kier alpha value is -3.12. The van der Waals surface area contributed by atoms with Gasteiger partial charge >= 0.3 is 0 Å². The van der Waals surface area contributed by atoms with Gasteiger partial charge in [0.25, 0.3) is 0 Å². The van der Waals surface area contributed by atoms with E-state index in [1.54, 1.807) is 0 Å². The van der Waals surface area contributed by atoms with Crippen LogP contribution in [0, 0.1) is 12.3 Å². The van der Waals surface area contributed by atoms with E-state index in [2.05, 4.69) is 40.9 Å². The highest BCUT2D eigenvalue weighted by Crippen LogP contribution is 2.23. The SMILES string of the molecule is C#Cc1ccc2cc(CCCN(CCC)c3ccccn3)ccc2c1C=O.[H]. The van der Waals surface area contributed by atoms with Crippen molar-refractivity contribution in [3.8, 4) is 12.3 Å². The maximum atomic E-state index is 11.4. The average molecular weight is 357 g/mol. The lowest BCUT2D eigenvalue weighted by Gasteiger charge is -2.23. The van der Waals surface area contributed by atoms with Crippen LogP contribution in [0.5, 0.6) is 0 Å². The molecule has 2 aromatic carbocycles. The van der Waals surface area contributed by atoms with Crippen molar-refractivity contribution in [1.29, 1.82) is 0 Å². The molecule has 0 aliphatic heterocycles. The molecule has 3 aromatic rings. The van der Waals surface area contributed by atoms with E-state index >= 15 is 0 Å². The lowest BCUT2D eigenvalue weighted by atomic mass is 9.97. The van der Waals surface area contributed by atoms with E-state index in [0.29, 0.717) is 11.1 Å². The van der Waals surface area contributed by atoms with E-state index < -0.39 is 0 Å². The van der Waals surface area contributed by atoms with Crippen LogP contribution in [-0.4, -0.2) is 24.4 Å². The molecule has 3 heteroatoms. The van der Waals surface area contributed by atoms with Crippen molar-refractivity contribution in [1.82, 2.24) is 4.98 Å². The maximum absolute atomic E-state index is 11.4. The fraction of sp³-hybridized carbons (Fsp3) is 0.250. The number of terminal acetylenes is 1. The van der Waals surface area contributed by atoms with E-state index in [-0.39, 0.29) is 1.43 Å². The third-order valence-electron chi connectivity index (χ3n) is 4.76. The number of hydrogen-bond donors (Lipinski definition) is 0. The molecule has 0 saturated heterocycles. The molecule has 0 spiro atoms. The zero-order valence-corrected chi connectivity index (χ0v) is 15.7. The fourth-order valence-electron chi connectivity index (χ4n) is 3.44. The molecule has 0 fully saturated rings. The van der Waals surface area contributed by atoms with Crippen LogP contribution in [0.15, 0.2) is 54.7 Å². The number of nitrogens with zero attached hydrogens (tertiary/aromatic N) is 2. The number of fused-ring (bicyclic) bond motifs is 1. The maximum Gasteiger partial charge on any atom is 0.151 e. The zero-order valence-electron chi connectivity index (χ0n) is 16.7. The highest BCUT2D eigenvalue weighted by atomic mass is 16.1. The Labute approximate surface area is 162 Å². The molecule has 0 aliphatic carbocycles. The zero-order chi connectivity index (χ0) is 19.1. The van der Waals surface area contributed by atoms with Crippen LogP contribution in [-0.2, 0) is 6.42 Å². The summed E-state index contributed by atoms with van der Waals surface area (Å²) in [6.07, 6.45) is 11.3. The smallest absolute Gasteiger partial charge is 0.151 e. The molecule has 1 aromatic heterocycles. The Morgan fingerprint density at radius 2 is 2.07 bits per heavy atom. The predicted octanol–water partition coefficient (Wildman–Crippen LogP) is 4.99. The van der Waals surface area contributed by atoms with Crippen molar-refractivity contribution in [2.45, 2.75) is 26.2 Å². The molecule has 3 nitrogen and oxygen atoms in total. The Balaban J connectivity index is 0.00000280. The van der Waals surface area contributed by atoms with Gasteiger partial charge in [0, 0.05) is 31.8 Å². The molecular formula is C24H25N2O. The number of hydrogen-bond acceptors (Lipinski definition) is 3. The summed E-state index contributed by atoms with van der Waals surface area (Å²) in [5, 5.41) is 1.98. The predicted molar refractivity (Wildman–Crippen MR) is 113 cm³/mol. The lowest BCUT2D eigenvalue weighted by molar-refractivity contribution is 0.112. The van der Waals surface area contributed by atoms with Crippen LogP contribution in [0.3, 0.4) is 0 Å². The van der Waals surface area contributed by atoms with Gasteiger partial charge in [-0.25, -0.2) is 4.98 Å². The number of pyridine rings is 1. The van der Waals surface area contributed by atoms with Crippen LogP contribution < -0.4 is 4.90 Å². The van der Waals surface area contributed by atoms with Gasteiger partial charge in [-0.15, -0.1) is 6.42 Å². The second kappa shape index (κ2) is 9.00. The van der Waals surface area contributed by atoms with Crippen LogP contribution in [0.25, 0.3) is 10.8 Å². The summed E-state index contributed by atoms with van der Waals surface area (Å²) in [5.74, 6) is 3.62. The van der Waals surface area contributed by atoms with Crippen molar-refractivity contribution in [2.24, 2.45) is 0 Å². The first-order chi connectivity index (χ1) is 13.3. The van der Waals surface area contributed by atoms with Gasteiger partial charge in [-0.3, -0.25) is 4.79 Å². The molecule has 1 radical (unpaired) electrons. The molecule has 0 unspecified atom stereocenters. The second-order valence-electron chi connectivity index (χ2n) is 6.62. The van der Waals surface area contributed by atoms with Crippen LogP contribution >= 0.6 is 0 Å². The number of benzene rings is 2. The molecule has 137 valence electrons. The van der Waals surface area contributed by atoms with Crippen LogP contribution in [0.1, 0.15) is 42.7 Å². The van der Waals surface area contributed by atoms with E-state index in [1.165, 1.54) is 5.56 Å². The normalized spacial score (nSPS) is 10.5. The van der Waals surface area contributed by atoms with E-state index in [4.69, 9.17) is 6.42 Å². The van der Waals surface area contributed by atoms with Crippen molar-refractivity contribution in [3.63, 3.8) is 0 Å². The molecule has 1 heterocycles. The van der Waals surface area contributed by atoms with Gasteiger partial charge in [0.05, 0.1) is 0 Å². The van der Waals surface area contributed by atoms with Crippen molar-refractivity contribution in [3.05, 3.63) is 71.4 Å². The summed E-state index contributed by atoms with van der Waals surface area (Å²) in [6, 6.07) is 16.2. The Kier molecular flexibility index (Phi) is 6.22. The Morgan fingerprint density at radius 3 is 2.78 bits per heavy atom. The third-order valence-corrected chi connectivity index (χ3v) is 4.76. The molecule has 0 saturated carbocycles. The van der Waals surface area contributed by atoms with Gasteiger partial charge < -0.3 is 4.90 Å². The van der Waals surface area contributed by atoms with Crippen molar-refractivity contribution < 1.29 is 6.22 Å². The van der Waals surface area contributed by atoms with E-state index in [9.17, 15) is 4.79 Å². The Bertz CT molecular complexity index is 963. The number of carbonyl (C=O) groups excluding carboxylic acids is 1. The van der Waals surface area contributed by atoms with E-state index in [1.807, 2.05) is 36.5 Å². The van der Waals surface area contributed by atoms with Crippen molar-refractivity contribution in [2.75, 3.05) is 18.0 Å². The van der Waals surface area contributed by atoms with Crippen LogP contribution in [0.2, 0.25) is 0 Å². The van der Waals surface area contributed by atoms with Gasteiger partial charge in [0.1, 0.15) is 5.82 Å². The minimum atomic E-state index is 0. The van der Waals surface area contributed by atoms with Gasteiger partial charge in [0.15, 0.2) is 6.29 Å². The molecular weight excluding hydrogens is 332 g/mol. The van der Waals surface area contributed by atoms with Crippen molar-refractivity contribution >= 4 is 22.9 Å². The third kappa shape index (κ3) is 4.35. The Morgan fingerprint density at radius 1 is 1.19 bits per heavy atom. The van der Waals surface area contributed by atoms with Gasteiger partial charge in [0.2, 0.25) is 0 Å². The largest absolute Gasteiger partial charge is 0.357 e. The second-order valence-corrected chi connectivity index (χ2v) is 6.62. The first-order valence-electron chi connectivity index (χ1n) is 9.40. The molecule has 0 aliphatic rings. The van der Waals surface area contributed by atoms with E-state index in [0.717, 1.165) is 55.2 Å². The topological polar surface area (TPSA) is 33.2 Å². The fourth-order valence-corrected chi connectivity index (χ4v) is 3.44. The lowest BCUT2D eigenvalue weighted by Crippen LogP contribution is -2.26. The van der Waals surface area contributed by atoms with Gasteiger partial charge in [-0.05, 0) is 53.8 Å². The molecule has 0 amide bonds. The van der Waals surface area contributed by atoms with Crippen LogP contribution in [0.4, 0.5) is 5.82 Å². The first kappa shape index (κ1) is 18.7. The van der Waals surface area contributed by atoms with Gasteiger partial charge in [-0.1, -0.05) is 43.2 Å². The quantitative estimate of drug-likeness (QED) is 0.421. The highest BCUT2D eigenvalue weighted by Gasteiger charge is 2.08. The summed E-state index contributed by atoms with van der Waals surface area (Å²) in [5.41, 5.74) is 2.52. The summed E-state index contributed by atoms with van der Waals surface area (Å²) >= 11 is 0. The minimum Gasteiger partial charge on any atom is -0.357 e.